The molecule has 0 amide bonds. The van der Waals surface area contributed by atoms with Gasteiger partial charge in [-0.25, -0.2) is 0 Å². The van der Waals surface area contributed by atoms with E-state index >= 15 is 0 Å². The molecule has 0 unspecified atom stereocenters. The van der Waals surface area contributed by atoms with Crippen LogP contribution < -0.4 is 31.9 Å². The number of aromatic nitrogens is 4. The predicted molar refractivity (Wildman–Crippen MR) is 256 cm³/mol. The third kappa shape index (κ3) is 10.7. The molecule has 6 aromatic rings. The fourth-order valence-electron chi connectivity index (χ4n) is 10.3. The SMILES string of the molecule is CCc1c(CNCc2ccc[nH]2)c(CC)c2c(CC)c1CNCc1ccc([nH]1)CNCc1c(CC)c(CNCc3ccc[nH]3)c(CC)c(c1CC)CNCc1ccc([nH]1)CNC2. The van der Waals surface area contributed by atoms with Crippen molar-refractivity contribution >= 4 is 0 Å². The van der Waals surface area contributed by atoms with E-state index in [0.29, 0.717) is 0 Å². The Morgan fingerprint density at radius 3 is 0.919 bits per heavy atom. The molecule has 0 aliphatic carbocycles. The lowest BCUT2D eigenvalue weighted by atomic mass is 9.83. The van der Waals surface area contributed by atoms with Crippen molar-refractivity contribution in [2.24, 2.45) is 0 Å². The lowest BCUT2D eigenvalue weighted by Crippen LogP contribution is -2.25. The zero-order valence-electron chi connectivity index (χ0n) is 38.5. The fraction of sp³-hybridized carbons (Fsp3) is 0.462. The van der Waals surface area contributed by atoms with Crippen LogP contribution in [-0.2, 0) is 117 Å². The van der Waals surface area contributed by atoms with Gasteiger partial charge in [-0.2, -0.15) is 0 Å². The van der Waals surface area contributed by atoms with E-state index in [4.69, 9.17) is 0 Å². The van der Waals surface area contributed by atoms with E-state index in [1.165, 1.54) is 101 Å². The number of hydrogen-bond acceptors (Lipinski definition) is 6. The predicted octanol–water partition coefficient (Wildman–Crippen LogP) is 8.43. The second kappa shape index (κ2) is 22.6. The van der Waals surface area contributed by atoms with E-state index < -0.39 is 0 Å². The number of hydrogen-bond donors (Lipinski definition) is 10. The molecule has 10 heteroatoms. The van der Waals surface area contributed by atoms with Gasteiger partial charge in [0.25, 0.3) is 0 Å². The van der Waals surface area contributed by atoms with Gasteiger partial charge >= 0.3 is 0 Å². The minimum atomic E-state index is 0.790. The Labute approximate surface area is 371 Å². The van der Waals surface area contributed by atoms with Gasteiger partial charge in [0.15, 0.2) is 0 Å². The molecular weight excluding hydrogens is 765 g/mol. The Hall–Kier alpha value is -4.68. The van der Waals surface area contributed by atoms with Crippen LogP contribution in [0.1, 0.15) is 142 Å². The highest BCUT2D eigenvalue weighted by molar-refractivity contribution is 5.54. The molecule has 10 nitrogen and oxygen atoms in total. The van der Waals surface area contributed by atoms with E-state index in [0.717, 1.165) is 117 Å². The molecule has 10 N–H and O–H groups in total. The van der Waals surface area contributed by atoms with Gasteiger partial charge in [0.2, 0.25) is 0 Å². The quantitative estimate of drug-likeness (QED) is 0.0536. The Morgan fingerprint density at radius 2 is 0.661 bits per heavy atom. The molecule has 5 heterocycles. The molecule has 0 saturated carbocycles. The number of aromatic amines is 4. The van der Waals surface area contributed by atoms with Crippen molar-refractivity contribution in [3.8, 4) is 0 Å². The van der Waals surface area contributed by atoms with Crippen molar-refractivity contribution in [2.75, 3.05) is 0 Å². The maximum Gasteiger partial charge on any atom is 0.0360 e. The maximum atomic E-state index is 3.89. The zero-order chi connectivity index (χ0) is 43.3. The standard InChI is InChI=1S/C52H74N10/c1-7-41-47(29-53-23-35-15-13-21-59-35)42(8-2)50-32-56-26-38-19-20-40(62-38)28-58-34-52-44(10-4)48(30-54-24-36-16-14-22-60-36)43(9-3)51(46(52)12-6)33-57-27-39-18-17-37(61-39)25-55-31-49(41)45(50)11-5/h13-22,53-62H,7-12,23-34H2,1-6H3. The lowest BCUT2D eigenvalue weighted by molar-refractivity contribution is 0.627. The van der Waals surface area contributed by atoms with E-state index in [2.05, 4.69) is 142 Å². The summed E-state index contributed by atoms with van der Waals surface area (Å²) in [4.78, 5) is 14.3. The second-order valence-electron chi connectivity index (χ2n) is 16.9. The molecule has 62 heavy (non-hydrogen) atoms. The lowest BCUT2D eigenvalue weighted by Gasteiger charge is -2.27. The van der Waals surface area contributed by atoms with Crippen LogP contribution in [0.4, 0.5) is 0 Å². The highest BCUT2D eigenvalue weighted by Gasteiger charge is 2.23. The van der Waals surface area contributed by atoms with Crippen molar-refractivity contribution in [3.05, 3.63) is 162 Å². The van der Waals surface area contributed by atoms with Gasteiger partial charge in [-0.1, -0.05) is 41.5 Å². The zero-order valence-corrected chi connectivity index (χ0v) is 38.5. The Bertz CT molecular complexity index is 2020. The molecule has 332 valence electrons. The summed E-state index contributed by atoms with van der Waals surface area (Å²) in [5.74, 6) is 0. The first-order valence-corrected chi connectivity index (χ1v) is 23.7. The van der Waals surface area contributed by atoms with Gasteiger partial charge < -0.3 is 51.8 Å². The number of rotatable bonds is 14. The normalized spacial score (nSPS) is 14.3. The molecule has 0 radical (unpaired) electrons. The summed E-state index contributed by atoms with van der Waals surface area (Å²) < 4.78 is 0. The highest BCUT2D eigenvalue weighted by atomic mass is 14.9. The minimum Gasteiger partial charge on any atom is -0.364 e. The fourth-order valence-corrected chi connectivity index (χ4v) is 10.3. The number of H-pyrrole nitrogens is 4. The van der Waals surface area contributed by atoms with Gasteiger partial charge in [-0.15, -0.1) is 0 Å². The summed E-state index contributed by atoms with van der Waals surface area (Å²) in [6, 6.07) is 17.5. The number of fused-ring (bicyclic) bond motifs is 8. The van der Waals surface area contributed by atoms with Crippen LogP contribution in [-0.4, -0.2) is 19.9 Å². The molecule has 0 fully saturated rings. The van der Waals surface area contributed by atoms with Crippen LogP contribution in [0.5, 0.6) is 0 Å². The summed E-state index contributed by atoms with van der Waals surface area (Å²) >= 11 is 0. The molecule has 0 atom stereocenters. The van der Waals surface area contributed by atoms with Crippen LogP contribution in [0.3, 0.4) is 0 Å². The van der Waals surface area contributed by atoms with Crippen LogP contribution in [0.2, 0.25) is 0 Å². The Kier molecular flexibility index (Phi) is 16.5. The molecule has 8 bridgehead atoms. The molecule has 1 aliphatic heterocycles. The molecule has 2 aromatic carbocycles. The van der Waals surface area contributed by atoms with Gasteiger partial charge in [-0.3, -0.25) is 0 Å². The number of benzene rings is 2. The van der Waals surface area contributed by atoms with Crippen molar-refractivity contribution in [3.63, 3.8) is 0 Å². The van der Waals surface area contributed by atoms with E-state index in [9.17, 15) is 0 Å². The van der Waals surface area contributed by atoms with E-state index in [-0.39, 0.29) is 0 Å². The van der Waals surface area contributed by atoms with Crippen LogP contribution >= 0.6 is 0 Å². The summed E-state index contributed by atoms with van der Waals surface area (Å²) in [5.41, 5.74) is 25.2. The largest absolute Gasteiger partial charge is 0.364 e. The van der Waals surface area contributed by atoms with Gasteiger partial charge in [0.1, 0.15) is 0 Å². The van der Waals surface area contributed by atoms with Gasteiger partial charge in [-0.05, 0) is 154 Å². The number of nitrogens with one attached hydrogen (secondary N) is 10. The molecular formula is C52H74N10. The third-order valence-corrected chi connectivity index (χ3v) is 13.1. The first kappa shape index (κ1) is 45.3. The summed E-state index contributed by atoms with van der Waals surface area (Å²) in [7, 11) is 0. The highest BCUT2D eigenvalue weighted by Crippen LogP contribution is 2.33. The molecule has 0 spiro atoms. The van der Waals surface area contributed by atoms with Crippen molar-refractivity contribution in [1.82, 2.24) is 51.8 Å². The average molecular weight is 839 g/mol. The van der Waals surface area contributed by atoms with Crippen molar-refractivity contribution in [1.29, 1.82) is 0 Å². The maximum absolute atomic E-state index is 3.89. The van der Waals surface area contributed by atoms with E-state index in [1.54, 1.807) is 0 Å². The third-order valence-electron chi connectivity index (χ3n) is 13.1. The Morgan fingerprint density at radius 1 is 0.355 bits per heavy atom. The second-order valence-corrected chi connectivity index (χ2v) is 16.9. The minimum absolute atomic E-state index is 0.790. The van der Waals surface area contributed by atoms with Crippen molar-refractivity contribution in [2.45, 2.75) is 159 Å². The van der Waals surface area contributed by atoms with Crippen LogP contribution in [0.15, 0.2) is 60.9 Å². The van der Waals surface area contributed by atoms with Crippen LogP contribution in [0, 0.1) is 0 Å². The smallest absolute Gasteiger partial charge is 0.0360 e. The first-order valence-electron chi connectivity index (χ1n) is 23.7. The monoisotopic (exact) mass is 839 g/mol. The van der Waals surface area contributed by atoms with E-state index in [1.807, 2.05) is 12.4 Å². The molecule has 4 aromatic heterocycles. The topological polar surface area (TPSA) is 135 Å². The molecule has 7 rings (SSSR count). The summed E-state index contributed by atoms with van der Waals surface area (Å²) in [6.07, 6.45) is 10.1. The average Bonchev–Trinajstić information content (AvgIpc) is 4.14. The molecule has 1 aliphatic rings. The van der Waals surface area contributed by atoms with Crippen molar-refractivity contribution < 1.29 is 0 Å². The summed E-state index contributed by atoms with van der Waals surface area (Å²) in [6.45, 7) is 23.9. The van der Waals surface area contributed by atoms with Gasteiger partial charge in [0.05, 0.1) is 0 Å². The van der Waals surface area contributed by atoms with Gasteiger partial charge in [0, 0.05) is 125 Å². The summed E-state index contributed by atoms with van der Waals surface area (Å²) in [5, 5.41) is 23.2. The molecule has 0 saturated heterocycles. The Balaban J connectivity index is 1.19. The van der Waals surface area contributed by atoms with Crippen LogP contribution in [0.25, 0.3) is 0 Å². The first-order chi connectivity index (χ1) is 30.5.